The minimum Gasteiger partial charge on any atom is -0.444 e. The van der Waals surface area contributed by atoms with Crippen LogP contribution in [0.3, 0.4) is 0 Å². The second-order valence-corrected chi connectivity index (χ2v) is 8.15. The van der Waals surface area contributed by atoms with E-state index in [0.717, 1.165) is 6.29 Å². The Kier molecular flexibility index (Phi) is 3.94. The van der Waals surface area contributed by atoms with Gasteiger partial charge in [0.1, 0.15) is 17.9 Å². The highest BCUT2D eigenvalue weighted by Gasteiger charge is 2.37. The third kappa shape index (κ3) is 2.94. The number of carbonyl (C=O) groups excluding carboxylic acids is 2. The van der Waals surface area contributed by atoms with E-state index in [4.69, 9.17) is 4.74 Å². The van der Waals surface area contributed by atoms with Crippen LogP contribution in [-0.4, -0.2) is 51.0 Å². The lowest BCUT2D eigenvalue weighted by atomic mass is 10.1. The minimum absolute atomic E-state index is 0.131. The number of carbonyl (C=O) groups is 2. The maximum atomic E-state index is 14.8. The summed E-state index contributed by atoms with van der Waals surface area (Å²) < 4.78 is 34.8. The summed E-state index contributed by atoms with van der Waals surface area (Å²) in [5, 5.41) is 8.23. The van der Waals surface area contributed by atoms with Crippen LogP contribution < -0.4 is 0 Å². The molecule has 1 aromatic heterocycles. The van der Waals surface area contributed by atoms with Gasteiger partial charge in [0.05, 0.1) is 13.1 Å². The summed E-state index contributed by atoms with van der Waals surface area (Å²) in [6.45, 7) is 5.97. The zero-order valence-corrected chi connectivity index (χ0v) is 15.3. The Balaban J connectivity index is 1.56. The van der Waals surface area contributed by atoms with E-state index >= 15 is 0 Å². The normalized spacial score (nSPS) is 17.9. The first-order valence-corrected chi connectivity index (χ1v) is 8.86. The molecule has 0 atom stereocenters. The highest BCUT2D eigenvalue weighted by molar-refractivity contribution is 5.79. The lowest BCUT2D eigenvalue weighted by Gasteiger charge is -2.38. The Morgan fingerprint density at radius 3 is 2.07 bits per heavy atom. The van der Waals surface area contributed by atoms with Crippen LogP contribution in [0.15, 0.2) is 0 Å². The molecular weight excluding hydrogens is 358 g/mol. The summed E-state index contributed by atoms with van der Waals surface area (Å²) in [5.41, 5.74) is -0.421. The van der Waals surface area contributed by atoms with Gasteiger partial charge >= 0.3 is 6.09 Å². The van der Waals surface area contributed by atoms with Crippen molar-refractivity contribution in [1.82, 2.24) is 19.9 Å². The summed E-state index contributed by atoms with van der Waals surface area (Å²) in [5.74, 6) is -1.63. The predicted molar refractivity (Wildman–Crippen MR) is 91.3 cm³/mol. The van der Waals surface area contributed by atoms with E-state index < -0.39 is 29.2 Å². The second kappa shape index (κ2) is 5.97. The van der Waals surface area contributed by atoms with Gasteiger partial charge in [-0.05, 0) is 44.7 Å². The summed E-state index contributed by atoms with van der Waals surface area (Å²) in [6.07, 6.45) is 0.650. The molecule has 0 unspecified atom stereocenters. The van der Waals surface area contributed by atoms with Crippen LogP contribution in [-0.2, 0) is 22.4 Å². The molecule has 0 saturated carbocycles. The van der Waals surface area contributed by atoms with Gasteiger partial charge in [0.25, 0.3) is 0 Å². The fraction of sp³-hybridized carbons (Fsp3) is 0.556. The molecule has 0 spiro atoms. The summed E-state index contributed by atoms with van der Waals surface area (Å²) in [4.78, 5) is 25.7. The number of benzene rings is 1. The number of fused-ring (bicyclic) bond motifs is 2. The number of ether oxygens (including phenoxy) is 1. The van der Waals surface area contributed by atoms with Gasteiger partial charge in [0.15, 0.2) is 22.7 Å². The topological polar surface area (TPSA) is 77.3 Å². The van der Waals surface area contributed by atoms with Crippen molar-refractivity contribution in [2.45, 2.75) is 45.3 Å². The molecule has 0 N–H and O–H groups in total. The van der Waals surface area contributed by atoms with Gasteiger partial charge in [-0.15, -0.1) is 10.2 Å². The van der Waals surface area contributed by atoms with Crippen molar-refractivity contribution in [3.8, 4) is 0 Å². The first kappa shape index (κ1) is 17.8. The van der Waals surface area contributed by atoms with Crippen LogP contribution >= 0.6 is 0 Å². The Morgan fingerprint density at radius 2 is 1.63 bits per heavy atom. The van der Waals surface area contributed by atoms with Crippen LogP contribution in [0.4, 0.5) is 13.6 Å². The molecule has 0 bridgehead atoms. The molecule has 9 heteroatoms. The first-order valence-electron chi connectivity index (χ1n) is 8.86. The van der Waals surface area contributed by atoms with Crippen molar-refractivity contribution in [1.29, 1.82) is 0 Å². The van der Waals surface area contributed by atoms with E-state index in [9.17, 15) is 18.4 Å². The van der Waals surface area contributed by atoms with Crippen molar-refractivity contribution in [3.63, 3.8) is 0 Å². The molecule has 1 aliphatic carbocycles. The lowest BCUT2D eigenvalue weighted by Crippen LogP contribution is -2.52. The molecule has 27 heavy (non-hydrogen) atoms. The van der Waals surface area contributed by atoms with E-state index in [2.05, 4.69) is 10.2 Å². The fourth-order valence-corrected chi connectivity index (χ4v) is 3.53. The Labute approximate surface area is 154 Å². The van der Waals surface area contributed by atoms with Crippen LogP contribution in [0, 0.1) is 17.6 Å². The minimum atomic E-state index is -0.611. The van der Waals surface area contributed by atoms with Gasteiger partial charge in [-0.25, -0.2) is 13.6 Å². The Hall–Kier alpha value is -2.58. The van der Waals surface area contributed by atoms with E-state index in [0.29, 0.717) is 13.1 Å². The average Bonchev–Trinajstić information content (AvgIpc) is 3.14. The maximum absolute atomic E-state index is 14.8. The van der Waals surface area contributed by atoms with Gasteiger partial charge < -0.3 is 14.4 Å². The van der Waals surface area contributed by atoms with Gasteiger partial charge in [-0.1, -0.05) is 0 Å². The van der Waals surface area contributed by atoms with Crippen LogP contribution in [0.1, 0.15) is 37.9 Å². The zero-order chi connectivity index (χ0) is 19.5. The fourth-order valence-electron chi connectivity index (χ4n) is 3.53. The molecule has 4 rings (SSSR count). The number of halogens is 2. The molecule has 2 heterocycles. The van der Waals surface area contributed by atoms with Crippen molar-refractivity contribution in [2.75, 3.05) is 13.1 Å². The van der Waals surface area contributed by atoms with Crippen molar-refractivity contribution < 1.29 is 23.1 Å². The zero-order valence-electron chi connectivity index (χ0n) is 15.3. The monoisotopic (exact) mass is 378 g/mol. The molecular formula is C18H20F2N4O3. The molecule has 1 aromatic carbocycles. The molecule has 2 aliphatic rings. The Morgan fingerprint density at radius 1 is 1.11 bits per heavy atom. The van der Waals surface area contributed by atoms with Crippen molar-refractivity contribution in [3.05, 3.63) is 22.8 Å². The van der Waals surface area contributed by atoms with Crippen molar-refractivity contribution in [2.24, 2.45) is 5.92 Å². The largest absolute Gasteiger partial charge is 0.444 e. The number of hydrogen-bond donors (Lipinski definition) is 0. The van der Waals surface area contributed by atoms with E-state index in [1.807, 2.05) is 0 Å². The third-order valence-corrected chi connectivity index (χ3v) is 4.90. The number of likely N-dealkylation sites (tertiary alicyclic amines) is 1. The highest BCUT2D eigenvalue weighted by atomic mass is 19.1. The second-order valence-electron chi connectivity index (χ2n) is 8.15. The summed E-state index contributed by atoms with van der Waals surface area (Å²) in [6, 6.07) is -0.263. The standard InChI is InChI=1S/C18H20F2N4O3/c1-18(2,3)27-17(26)23-6-10(7-23)24-21-15-13(19)11-4-9(8-25)5-12(11)14(20)16(15)22-24/h8-10H,4-7H2,1-3H3. The van der Waals surface area contributed by atoms with Crippen LogP contribution in [0.5, 0.6) is 0 Å². The number of nitrogens with zero attached hydrogens (tertiary/aromatic N) is 4. The van der Waals surface area contributed by atoms with Crippen LogP contribution in [0.2, 0.25) is 0 Å². The van der Waals surface area contributed by atoms with Crippen LogP contribution in [0.25, 0.3) is 11.0 Å². The quantitative estimate of drug-likeness (QED) is 0.750. The molecule has 0 radical (unpaired) electrons. The van der Waals surface area contributed by atoms with E-state index in [-0.39, 0.29) is 41.0 Å². The third-order valence-electron chi connectivity index (χ3n) is 4.90. The number of hydrogen-bond acceptors (Lipinski definition) is 5. The molecule has 1 aliphatic heterocycles. The van der Waals surface area contributed by atoms with Gasteiger partial charge in [0.2, 0.25) is 0 Å². The lowest BCUT2D eigenvalue weighted by molar-refractivity contribution is -0.110. The average molecular weight is 378 g/mol. The number of rotatable bonds is 2. The van der Waals surface area contributed by atoms with Gasteiger partial charge in [-0.2, -0.15) is 4.80 Å². The van der Waals surface area contributed by atoms with E-state index in [1.165, 1.54) is 9.70 Å². The highest BCUT2D eigenvalue weighted by Crippen LogP contribution is 2.35. The first-order chi connectivity index (χ1) is 12.7. The van der Waals surface area contributed by atoms with Crippen molar-refractivity contribution >= 4 is 23.4 Å². The number of amides is 1. The number of aldehydes is 1. The predicted octanol–water partition coefficient (Wildman–Crippen LogP) is 2.42. The Bertz CT molecular complexity index is 895. The van der Waals surface area contributed by atoms with Gasteiger partial charge in [-0.3, -0.25) is 0 Å². The molecule has 1 fully saturated rings. The summed E-state index contributed by atoms with van der Waals surface area (Å²) in [7, 11) is 0. The molecule has 144 valence electrons. The molecule has 7 nitrogen and oxygen atoms in total. The summed E-state index contributed by atoms with van der Waals surface area (Å²) >= 11 is 0. The smallest absolute Gasteiger partial charge is 0.410 e. The van der Waals surface area contributed by atoms with Gasteiger partial charge in [0, 0.05) is 5.92 Å². The van der Waals surface area contributed by atoms with E-state index in [1.54, 1.807) is 20.8 Å². The molecule has 1 saturated heterocycles. The SMILES string of the molecule is CC(C)(C)OC(=O)N1CC(n2nc3c(F)c4c(c(F)c3n2)CC(C=O)C4)C1. The molecule has 2 aromatic rings. The number of aromatic nitrogens is 3. The maximum Gasteiger partial charge on any atom is 0.410 e. The molecule has 1 amide bonds.